The van der Waals surface area contributed by atoms with Crippen molar-refractivity contribution in [1.29, 1.82) is 0 Å². The maximum Gasteiger partial charge on any atom is 0.246 e. The molecule has 0 radical (unpaired) electrons. The summed E-state index contributed by atoms with van der Waals surface area (Å²) in [6.45, 7) is 6.73. The van der Waals surface area contributed by atoms with E-state index in [-0.39, 0.29) is 24.1 Å². The number of rotatable bonds is 13. The monoisotopic (exact) mass is 727 g/mol. The van der Waals surface area contributed by atoms with E-state index in [9.17, 15) is 9.18 Å². The van der Waals surface area contributed by atoms with Crippen LogP contribution in [0.2, 0.25) is 5.02 Å². The summed E-state index contributed by atoms with van der Waals surface area (Å²) in [6, 6.07) is 31.5. The number of halogens is 3. The van der Waals surface area contributed by atoms with E-state index < -0.39 is 0 Å². The maximum atomic E-state index is 13.1. The Morgan fingerprint density at radius 2 is 1.55 bits per heavy atom. The van der Waals surface area contributed by atoms with Crippen LogP contribution < -0.4 is 14.2 Å². The average Bonchev–Trinajstić information content (AvgIpc) is 3.13. The molecule has 7 nitrogen and oxygen atoms in total. The SMILES string of the molecule is Cc1cc(Oc2ccc(OCc3ccccc3Cl)cn2)ccc1/C=C/C(=O)N1CCN(Cc2ccc(CCOc3ccc(F)cc3)cc2)CC1.Cl. The molecular weight excluding hydrogens is 688 g/mol. The van der Waals surface area contributed by atoms with Crippen molar-refractivity contribution < 1.29 is 23.4 Å². The van der Waals surface area contributed by atoms with Crippen molar-refractivity contribution in [1.82, 2.24) is 14.8 Å². The highest BCUT2D eigenvalue weighted by molar-refractivity contribution is 6.31. The highest BCUT2D eigenvalue weighted by Crippen LogP contribution is 2.25. The predicted octanol–water partition coefficient (Wildman–Crippen LogP) is 8.95. The fourth-order valence-corrected chi connectivity index (χ4v) is 5.78. The van der Waals surface area contributed by atoms with Crippen molar-refractivity contribution in [3.05, 3.63) is 154 Å². The van der Waals surface area contributed by atoms with E-state index in [0.29, 0.717) is 54.5 Å². The van der Waals surface area contributed by atoms with Gasteiger partial charge in [0.25, 0.3) is 0 Å². The molecule has 51 heavy (non-hydrogen) atoms. The van der Waals surface area contributed by atoms with Crippen molar-refractivity contribution in [2.45, 2.75) is 26.5 Å². The van der Waals surface area contributed by atoms with Crippen molar-refractivity contribution in [2.24, 2.45) is 0 Å². The van der Waals surface area contributed by atoms with E-state index >= 15 is 0 Å². The van der Waals surface area contributed by atoms with Gasteiger partial charge in [-0.15, -0.1) is 12.4 Å². The van der Waals surface area contributed by atoms with Gasteiger partial charge in [0.05, 0.1) is 12.8 Å². The first-order valence-electron chi connectivity index (χ1n) is 16.6. The Kier molecular flexibility index (Phi) is 13.5. The summed E-state index contributed by atoms with van der Waals surface area (Å²) < 4.78 is 30.5. The van der Waals surface area contributed by atoms with E-state index in [2.05, 4.69) is 34.1 Å². The van der Waals surface area contributed by atoms with Gasteiger partial charge < -0.3 is 19.1 Å². The fraction of sp³-hybridized carbons (Fsp3) is 0.220. The number of pyridine rings is 1. The Hall–Kier alpha value is -4.89. The summed E-state index contributed by atoms with van der Waals surface area (Å²) in [5, 5.41) is 0.663. The lowest BCUT2D eigenvalue weighted by molar-refractivity contribution is -0.127. The van der Waals surface area contributed by atoms with Gasteiger partial charge in [-0.1, -0.05) is 60.1 Å². The van der Waals surface area contributed by atoms with E-state index in [1.165, 1.54) is 23.3 Å². The molecule has 0 aliphatic carbocycles. The molecule has 0 N–H and O–H groups in total. The Bertz CT molecular complexity index is 1900. The number of hydrogen-bond acceptors (Lipinski definition) is 6. The van der Waals surface area contributed by atoms with Crippen LogP contribution in [0.5, 0.6) is 23.1 Å². The van der Waals surface area contributed by atoms with Gasteiger partial charge in [-0.2, -0.15) is 0 Å². The zero-order chi connectivity index (χ0) is 34.7. The van der Waals surface area contributed by atoms with Crippen molar-refractivity contribution in [3.8, 4) is 23.1 Å². The topological polar surface area (TPSA) is 64.1 Å². The zero-order valence-corrected chi connectivity index (χ0v) is 29.9. The Balaban J connectivity index is 0.00000504. The minimum absolute atomic E-state index is 0. The quantitative estimate of drug-likeness (QED) is 0.113. The molecular formula is C41H40Cl2FN3O4. The second-order valence-electron chi connectivity index (χ2n) is 12.1. The molecule has 5 aromatic rings. The van der Waals surface area contributed by atoms with Gasteiger partial charge >= 0.3 is 0 Å². The first kappa shape index (κ1) is 37.4. The van der Waals surface area contributed by atoms with Crippen LogP contribution in [0.15, 0.2) is 115 Å². The normalized spacial score (nSPS) is 13.1. The summed E-state index contributed by atoms with van der Waals surface area (Å²) >= 11 is 6.21. The number of aromatic nitrogens is 1. The molecule has 0 unspecified atom stereocenters. The highest BCUT2D eigenvalue weighted by atomic mass is 35.5. The first-order valence-corrected chi connectivity index (χ1v) is 17.0. The highest BCUT2D eigenvalue weighted by Gasteiger charge is 2.20. The van der Waals surface area contributed by atoms with Crippen LogP contribution in [-0.2, 0) is 24.4 Å². The second-order valence-corrected chi connectivity index (χ2v) is 12.5. The van der Waals surface area contributed by atoms with Crippen LogP contribution in [0.4, 0.5) is 4.39 Å². The fourth-order valence-electron chi connectivity index (χ4n) is 5.59. The van der Waals surface area contributed by atoms with E-state index in [1.54, 1.807) is 30.5 Å². The number of carbonyl (C=O) groups is 1. The molecule has 0 bridgehead atoms. The van der Waals surface area contributed by atoms with Gasteiger partial charge in [-0.05, 0) is 83.8 Å². The molecule has 264 valence electrons. The summed E-state index contributed by atoms with van der Waals surface area (Å²) in [6.07, 6.45) is 5.92. The number of benzene rings is 4. The van der Waals surface area contributed by atoms with Gasteiger partial charge in [0.1, 0.15) is 29.7 Å². The molecule has 2 heterocycles. The molecule has 0 saturated carbocycles. The number of ether oxygens (including phenoxy) is 3. The molecule has 1 amide bonds. The summed E-state index contributed by atoms with van der Waals surface area (Å²) in [5.74, 6) is 2.14. The predicted molar refractivity (Wildman–Crippen MR) is 201 cm³/mol. The Labute approximate surface area is 309 Å². The summed E-state index contributed by atoms with van der Waals surface area (Å²) in [5.41, 5.74) is 5.27. The van der Waals surface area contributed by atoms with Crippen LogP contribution in [0, 0.1) is 12.7 Å². The Morgan fingerprint density at radius 1 is 0.843 bits per heavy atom. The van der Waals surface area contributed by atoms with Crippen LogP contribution in [0.1, 0.15) is 27.8 Å². The molecule has 0 atom stereocenters. The van der Waals surface area contributed by atoms with Crippen LogP contribution in [0.3, 0.4) is 0 Å². The van der Waals surface area contributed by atoms with Crippen LogP contribution in [0.25, 0.3) is 6.08 Å². The van der Waals surface area contributed by atoms with Crippen LogP contribution >= 0.6 is 24.0 Å². The molecule has 1 saturated heterocycles. The third-order valence-corrected chi connectivity index (χ3v) is 8.89. The third-order valence-electron chi connectivity index (χ3n) is 8.52. The largest absolute Gasteiger partial charge is 0.493 e. The Morgan fingerprint density at radius 3 is 2.25 bits per heavy atom. The summed E-state index contributed by atoms with van der Waals surface area (Å²) in [4.78, 5) is 21.6. The molecule has 4 aromatic carbocycles. The van der Waals surface area contributed by atoms with Crippen molar-refractivity contribution in [3.63, 3.8) is 0 Å². The van der Waals surface area contributed by atoms with Gasteiger partial charge in [0, 0.05) is 61.9 Å². The van der Waals surface area contributed by atoms with Gasteiger partial charge in [-0.3, -0.25) is 9.69 Å². The molecule has 6 rings (SSSR count). The lowest BCUT2D eigenvalue weighted by Crippen LogP contribution is -2.47. The van der Waals surface area contributed by atoms with Crippen molar-refractivity contribution in [2.75, 3.05) is 32.8 Å². The molecule has 1 aromatic heterocycles. The van der Waals surface area contributed by atoms with Crippen LogP contribution in [-0.4, -0.2) is 53.5 Å². The first-order chi connectivity index (χ1) is 24.4. The number of carbonyl (C=O) groups excluding carboxylic acids is 1. The van der Waals surface area contributed by atoms with Gasteiger partial charge in [-0.25, -0.2) is 9.37 Å². The second kappa shape index (κ2) is 18.4. The standard InChI is InChI=1S/C41H39ClFN3O4.ClH/c1-30-26-37(50-40-18-17-38(27-44-40)49-29-34-4-2-3-5-39(34)42)14-10-33(30)11-19-41(47)46-23-21-45(22-24-46)28-32-8-6-31(7-9-32)20-25-48-36-15-12-35(43)13-16-36;/h2-19,26-27H,20-25,28-29H2,1H3;1H/b19-11+;. The van der Waals surface area contributed by atoms with Crippen molar-refractivity contribution >= 4 is 36.0 Å². The zero-order valence-electron chi connectivity index (χ0n) is 28.3. The third kappa shape index (κ3) is 11.0. The molecule has 0 spiro atoms. The number of hydrogen-bond donors (Lipinski definition) is 0. The minimum Gasteiger partial charge on any atom is -0.493 e. The average molecular weight is 729 g/mol. The van der Waals surface area contributed by atoms with Gasteiger partial charge in [0.2, 0.25) is 11.8 Å². The van der Waals surface area contributed by atoms with E-state index in [4.69, 9.17) is 25.8 Å². The van der Waals surface area contributed by atoms with Gasteiger partial charge in [0.15, 0.2) is 0 Å². The number of nitrogens with zero attached hydrogens (tertiary/aromatic N) is 3. The molecule has 10 heteroatoms. The maximum absolute atomic E-state index is 13.1. The molecule has 1 aliphatic rings. The van der Waals surface area contributed by atoms with E-state index in [0.717, 1.165) is 42.7 Å². The van der Waals surface area contributed by atoms with E-state index in [1.807, 2.05) is 66.4 Å². The lowest BCUT2D eigenvalue weighted by atomic mass is 10.1. The minimum atomic E-state index is -0.270. The number of amides is 1. The summed E-state index contributed by atoms with van der Waals surface area (Å²) in [7, 11) is 0. The number of piperazine rings is 1. The molecule has 1 aliphatic heterocycles. The number of aryl methyl sites for hydroxylation is 1. The smallest absolute Gasteiger partial charge is 0.246 e. The lowest BCUT2D eigenvalue weighted by Gasteiger charge is -2.34. The molecule has 1 fully saturated rings.